The van der Waals surface area contributed by atoms with E-state index in [1.165, 1.54) is 26.0 Å². The minimum absolute atomic E-state index is 0.0152. The summed E-state index contributed by atoms with van der Waals surface area (Å²) in [6.45, 7) is 12.2. The number of aliphatic hydroxyl groups is 1. The largest absolute Gasteiger partial charge is 0.510 e. The summed E-state index contributed by atoms with van der Waals surface area (Å²) in [5.74, 6) is 0.249. The lowest BCUT2D eigenvalue weighted by molar-refractivity contribution is -0.376. The molecule has 14 heteroatoms. The molecule has 0 aromatic heterocycles. The highest BCUT2D eigenvalue weighted by Gasteiger charge is 2.76. The van der Waals surface area contributed by atoms with Gasteiger partial charge in [0.1, 0.15) is 6.10 Å². The molecule has 0 saturated heterocycles. The standard InChI is InChI=1S/C38H58F6O7S/c1-8-30(52(47,48)51-32-24-29-23-31(34(29,5)6)35(32,7)46)18-16-14-12-10-9-11-13-15-17-26(4)27-19-21-28(22-20-27)36(37(39,40)41,38(42,43)44)50-33(45)49-25(2)3/h19-22,25-26,29-32,46H,8-18,23-24H2,1-7H3. The van der Waals surface area contributed by atoms with Crippen LogP contribution in [-0.4, -0.2) is 55.1 Å². The zero-order valence-corrected chi connectivity index (χ0v) is 32.4. The first-order valence-electron chi connectivity index (χ1n) is 18.7. The molecule has 1 N–H and O–H groups in total. The average Bonchev–Trinajstić information content (AvgIpc) is 3.01. The first-order valence-corrected chi connectivity index (χ1v) is 20.2. The minimum Gasteiger partial charge on any atom is -0.432 e. The molecule has 0 aliphatic heterocycles. The predicted octanol–water partition coefficient (Wildman–Crippen LogP) is 10.9. The monoisotopic (exact) mass is 772 g/mol. The van der Waals surface area contributed by atoms with Gasteiger partial charge in [-0.3, -0.25) is 4.18 Å². The van der Waals surface area contributed by atoms with Gasteiger partial charge in [-0.2, -0.15) is 34.8 Å². The van der Waals surface area contributed by atoms with Gasteiger partial charge >= 0.3 is 24.1 Å². The number of halogens is 6. The number of carbonyl (C=O) groups excluding carboxylic acids is 1. The van der Waals surface area contributed by atoms with Crippen molar-refractivity contribution in [2.75, 3.05) is 0 Å². The van der Waals surface area contributed by atoms with Gasteiger partial charge in [0.2, 0.25) is 0 Å². The quantitative estimate of drug-likeness (QED) is 0.0647. The molecule has 2 bridgehead atoms. The zero-order valence-electron chi connectivity index (χ0n) is 31.5. The summed E-state index contributed by atoms with van der Waals surface area (Å²) in [6.07, 6.45) is -5.37. The Hall–Kier alpha value is -2.06. The van der Waals surface area contributed by atoms with Crippen LogP contribution in [0.4, 0.5) is 31.1 Å². The normalized spacial score (nSPS) is 24.6. The van der Waals surface area contributed by atoms with Gasteiger partial charge in [-0.25, -0.2) is 4.79 Å². The molecule has 52 heavy (non-hydrogen) atoms. The van der Waals surface area contributed by atoms with Crippen LogP contribution in [0.2, 0.25) is 0 Å². The van der Waals surface area contributed by atoms with E-state index < -0.39 is 62.8 Å². The summed E-state index contributed by atoms with van der Waals surface area (Å²) < 4.78 is 124. The molecule has 0 amide bonds. The van der Waals surface area contributed by atoms with Crippen molar-refractivity contribution in [3.05, 3.63) is 35.4 Å². The Bertz CT molecular complexity index is 1390. The zero-order chi connectivity index (χ0) is 39.3. The highest BCUT2D eigenvalue weighted by molar-refractivity contribution is 7.87. The lowest BCUT2D eigenvalue weighted by atomic mass is 9.43. The molecule has 3 aliphatic rings. The number of hydrogen-bond acceptors (Lipinski definition) is 7. The van der Waals surface area contributed by atoms with E-state index in [4.69, 9.17) is 4.18 Å². The third-order valence-electron chi connectivity index (χ3n) is 11.6. The van der Waals surface area contributed by atoms with Crippen LogP contribution < -0.4 is 0 Å². The van der Waals surface area contributed by atoms with Crippen molar-refractivity contribution in [2.45, 2.75) is 179 Å². The Balaban J connectivity index is 1.38. The van der Waals surface area contributed by atoms with Gasteiger partial charge in [-0.15, -0.1) is 0 Å². The molecule has 3 saturated carbocycles. The number of unbranched alkanes of at least 4 members (excludes halogenated alkanes) is 7. The van der Waals surface area contributed by atoms with E-state index in [0.29, 0.717) is 49.3 Å². The van der Waals surface area contributed by atoms with Crippen LogP contribution in [0.3, 0.4) is 0 Å². The van der Waals surface area contributed by atoms with Crippen LogP contribution in [0.25, 0.3) is 0 Å². The van der Waals surface area contributed by atoms with Crippen LogP contribution in [0.1, 0.15) is 149 Å². The molecule has 0 spiro atoms. The average molecular weight is 773 g/mol. The maximum absolute atomic E-state index is 14.0. The molecule has 1 aromatic carbocycles. The van der Waals surface area contributed by atoms with Crippen molar-refractivity contribution in [1.29, 1.82) is 0 Å². The summed E-state index contributed by atoms with van der Waals surface area (Å²) in [5.41, 5.74) is -6.78. The molecule has 0 heterocycles. The Morgan fingerprint density at radius 2 is 1.35 bits per heavy atom. The fourth-order valence-electron chi connectivity index (χ4n) is 8.16. The van der Waals surface area contributed by atoms with Crippen molar-refractivity contribution < 1.29 is 58.3 Å². The van der Waals surface area contributed by atoms with Crippen LogP contribution in [0, 0.1) is 17.3 Å². The lowest BCUT2D eigenvalue weighted by Gasteiger charge is -2.64. The molecule has 300 valence electrons. The first kappa shape index (κ1) is 44.3. The maximum atomic E-state index is 14.0. The van der Waals surface area contributed by atoms with Crippen molar-refractivity contribution in [3.8, 4) is 0 Å². The van der Waals surface area contributed by atoms with Crippen LogP contribution >= 0.6 is 0 Å². The van der Waals surface area contributed by atoms with Gasteiger partial charge in [0.15, 0.2) is 0 Å². The fourth-order valence-corrected chi connectivity index (χ4v) is 9.78. The third-order valence-corrected chi connectivity index (χ3v) is 13.5. The van der Waals surface area contributed by atoms with Gasteiger partial charge in [-0.05, 0) is 81.6 Å². The molecule has 1 aromatic rings. The number of fused-ring (bicyclic) bond motifs is 2. The number of hydrogen-bond donors (Lipinski definition) is 1. The van der Waals surface area contributed by atoms with E-state index in [1.54, 1.807) is 6.92 Å². The number of benzene rings is 1. The van der Waals surface area contributed by atoms with Gasteiger partial charge in [0, 0.05) is 5.56 Å². The Morgan fingerprint density at radius 3 is 1.79 bits per heavy atom. The summed E-state index contributed by atoms with van der Waals surface area (Å²) in [6, 6.07) is 3.80. The van der Waals surface area contributed by atoms with Crippen molar-refractivity contribution in [2.24, 2.45) is 17.3 Å². The Kier molecular flexibility index (Phi) is 14.6. The van der Waals surface area contributed by atoms with E-state index in [1.807, 2.05) is 13.8 Å². The topological polar surface area (TPSA) is 99.1 Å². The van der Waals surface area contributed by atoms with Crippen LogP contribution in [-0.2, 0) is 29.4 Å². The third kappa shape index (κ3) is 9.97. The Labute approximate surface area is 305 Å². The number of ether oxygens (including phenoxy) is 2. The van der Waals surface area contributed by atoms with E-state index in [9.17, 15) is 44.7 Å². The van der Waals surface area contributed by atoms with Gasteiger partial charge in [0.25, 0.3) is 10.1 Å². The highest BCUT2D eigenvalue weighted by atomic mass is 32.2. The van der Waals surface area contributed by atoms with Crippen LogP contribution in [0.15, 0.2) is 24.3 Å². The SMILES string of the molecule is CCC(CCCCCCCCCCC(C)c1ccc(C(OC(=O)OC(C)C)(C(F)(F)F)C(F)(F)F)cc1)S(=O)(=O)OC1CC2CC(C2(C)C)C1(C)O. The summed E-state index contributed by atoms with van der Waals surface area (Å²) in [4.78, 5) is 11.9. The molecule has 6 unspecified atom stereocenters. The van der Waals surface area contributed by atoms with Gasteiger partial charge in [0.05, 0.1) is 17.0 Å². The smallest absolute Gasteiger partial charge is 0.432 e. The highest BCUT2D eigenvalue weighted by Crippen LogP contribution is 2.63. The number of carbonyl (C=O) groups is 1. The summed E-state index contributed by atoms with van der Waals surface area (Å²) in [7, 11) is -3.82. The predicted molar refractivity (Wildman–Crippen MR) is 186 cm³/mol. The van der Waals surface area contributed by atoms with Crippen LogP contribution in [0.5, 0.6) is 0 Å². The molecule has 7 nitrogen and oxygen atoms in total. The molecule has 3 aliphatic carbocycles. The van der Waals surface area contributed by atoms with Gasteiger partial charge < -0.3 is 14.6 Å². The molecular formula is C38H58F6O7S. The van der Waals surface area contributed by atoms with Crippen molar-refractivity contribution in [1.82, 2.24) is 0 Å². The van der Waals surface area contributed by atoms with Crippen molar-refractivity contribution in [3.63, 3.8) is 0 Å². The first-order chi connectivity index (χ1) is 23.9. The Morgan fingerprint density at radius 1 is 0.846 bits per heavy atom. The second-order valence-corrected chi connectivity index (χ2v) is 17.8. The minimum atomic E-state index is -6.00. The van der Waals surface area contributed by atoms with E-state index in [0.717, 1.165) is 57.8 Å². The fraction of sp³-hybridized carbons (Fsp3) is 0.816. The molecule has 3 fully saturated rings. The van der Waals surface area contributed by atoms with Crippen molar-refractivity contribution >= 4 is 16.3 Å². The lowest BCUT2D eigenvalue weighted by Crippen LogP contribution is -2.67. The summed E-state index contributed by atoms with van der Waals surface area (Å²) in [5, 5.41) is 10.6. The summed E-state index contributed by atoms with van der Waals surface area (Å²) >= 11 is 0. The van der Waals surface area contributed by atoms with Gasteiger partial charge in [-0.1, -0.05) is 103 Å². The second-order valence-electron chi connectivity index (χ2n) is 16.0. The van der Waals surface area contributed by atoms with E-state index in [-0.39, 0.29) is 17.3 Å². The molecule has 4 rings (SSSR count). The molecule has 0 radical (unpaired) electrons. The number of rotatable bonds is 19. The van der Waals surface area contributed by atoms with E-state index in [2.05, 4.69) is 23.3 Å². The molecule has 6 atom stereocenters. The van der Waals surface area contributed by atoms with E-state index >= 15 is 0 Å². The maximum Gasteiger partial charge on any atom is 0.510 e. The number of alkyl halides is 6. The second kappa shape index (κ2) is 17.2. The molecular weight excluding hydrogens is 714 g/mol.